The van der Waals surface area contributed by atoms with E-state index in [1.54, 1.807) is 16.7 Å². The lowest BCUT2D eigenvalue weighted by molar-refractivity contribution is -0.143. The minimum atomic E-state index is -0.304. The van der Waals surface area contributed by atoms with Gasteiger partial charge in [-0.2, -0.15) is 0 Å². The van der Waals surface area contributed by atoms with Crippen molar-refractivity contribution in [3.05, 3.63) is 35.4 Å². The van der Waals surface area contributed by atoms with Crippen molar-refractivity contribution < 1.29 is 9.59 Å². The Morgan fingerprint density at radius 3 is 2.77 bits per heavy atom. The molecule has 3 rings (SSSR count). The van der Waals surface area contributed by atoms with Crippen LogP contribution in [-0.2, 0) is 16.1 Å². The zero-order valence-electron chi connectivity index (χ0n) is 12.9. The number of hydrogen-bond donors (Lipinski definition) is 1. The summed E-state index contributed by atoms with van der Waals surface area (Å²) in [7, 11) is 0. The number of carbonyl (C=O) groups excluding carboxylic acids is 2. The normalized spacial score (nSPS) is 21.5. The molecule has 5 heteroatoms. The maximum absolute atomic E-state index is 12.5. The van der Waals surface area contributed by atoms with E-state index >= 15 is 0 Å². The molecule has 2 fully saturated rings. The molecule has 1 aliphatic carbocycles. The first-order chi connectivity index (χ1) is 10.7. The average Bonchev–Trinajstić information content (AvgIpc) is 2.93. The van der Waals surface area contributed by atoms with Gasteiger partial charge < -0.3 is 10.2 Å². The molecule has 2 aliphatic rings. The first-order valence-corrected chi connectivity index (χ1v) is 9.02. The van der Waals surface area contributed by atoms with E-state index in [1.807, 2.05) is 31.2 Å². The highest BCUT2D eigenvalue weighted by molar-refractivity contribution is 7.99. The van der Waals surface area contributed by atoms with Crippen LogP contribution in [0.5, 0.6) is 0 Å². The van der Waals surface area contributed by atoms with E-state index in [0.717, 1.165) is 24.8 Å². The highest BCUT2D eigenvalue weighted by Crippen LogP contribution is 2.32. The van der Waals surface area contributed by atoms with Crippen LogP contribution in [0.2, 0.25) is 0 Å². The fraction of sp³-hybridized carbons (Fsp3) is 0.529. The maximum atomic E-state index is 12.5. The smallest absolute Gasteiger partial charge is 0.243 e. The Labute approximate surface area is 135 Å². The Morgan fingerprint density at radius 2 is 2.09 bits per heavy atom. The predicted molar refractivity (Wildman–Crippen MR) is 88.3 cm³/mol. The molecule has 22 heavy (non-hydrogen) atoms. The number of benzene rings is 1. The van der Waals surface area contributed by atoms with Gasteiger partial charge in [-0.3, -0.25) is 9.59 Å². The van der Waals surface area contributed by atoms with E-state index in [1.165, 1.54) is 5.56 Å². The van der Waals surface area contributed by atoms with Crippen molar-refractivity contribution >= 4 is 23.6 Å². The molecule has 1 saturated heterocycles. The van der Waals surface area contributed by atoms with Crippen molar-refractivity contribution in [2.75, 3.05) is 11.6 Å². The zero-order valence-corrected chi connectivity index (χ0v) is 13.7. The predicted octanol–water partition coefficient (Wildman–Crippen LogP) is 2.31. The molecule has 1 saturated carbocycles. The maximum Gasteiger partial charge on any atom is 0.243 e. The van der Waals surface area contributed by atoms with Gasteiger partial charge in [0.2, 0.25) is 11.8 Å². The molecule has 0 aromatic heterocycles. The van der Waals surface area contributed by atoms with Gasteiger partial charge in [0.15, 0.2) is 0 Å². The number of rotatable bonds is 4. The number of nitrogens with one attached hydrogen (secondary N) is 1. The monoisotopic (exact) mass is 318 g/mol. The fourth-order valence-electron chi connectivity index (χ4n) is 2.88. The van der Waals surface area contributed by atoms with Gasteiger partial charge in [0.1, 0.15) is 6.04 Å². The van der Waals surface area contributed by atoms with Gasteiger partial charge in [-0.15, -0.1) is 11.8 Å². The van der Waals surface area contributed by atoms with E-state index in [-0.39, 0.29) is 23.8 Å². The van der Waals surface area contributed by atoms with E-state index in [4.69, 9.17) is 0 Å². The molecular formula is C17H22N2O2S. The second-order valence-electron chi connectivity index (χ2n) is 6.10. The second-order valence-corrected chi connectivity index (χ2v) is 7.10. The average molecular weight is 318 g/mol. The number of nitrogens with zero attached hydrogens (tertiary/aromatic N) is 1. The molecule has 1 N–H and O–H groups in total. The van der Waals surface area contributed by atoms with Crippen LogP contribution >= 0.6 is 11.8 Å². The minimum absolute atomic E-state index is 0.0269. The molecular weight excluding hydrogens is 296 g/mol. The second kappa shape index (κ2) is 6.73. The van der Waals surface area contributed by atoms with Gasteiger partial charge in [0, 0.05) is 18.2 Å². The SMILES string of the molecule is Cc1ccccc1CNC(=O)[C@H]1CSCN1C(=O)C1CCC1. The van der Waals surface area contributed by atoms with Crippen molar-refractivity contribution in [3.8, 4) is 0 Å². The number of hydrogen-bond acceptors (Lipinski definition) is 3. The van der Waals surface area contributed by atoms with Gasteiger partial charge in [-0.1, -0.05) is 30.7 Å². The van der Waals surface area contributed by atoms with Crippen LogP contribution in [0.1, 0.15) is 30.4 Å². The Morgan fingerprint density at radius 1 is 1.32 bits per heavy atom. The molecule has 2 amide bonds. The van der Waals surface area contributed by atoms with Gasteiger partial charge in [0.05, 0.1) is 5.88 Å². The van der Waals surface area contributed by atoms with Crippen LogP contribution in [0.15, 0.2) is 24.3 Å². The van der Waals surface area contributed by atoms with Crippen molar-refractivity contribution in [1.29, 1.82) is 0 Å². The third kappa shape index (κ3) is 3.14. The molecule has 0 radical (unpaired) electrons. The third-order valence-electron chi connectivity index (χ3n) is 4.64. The largest absolute Gasteiger partial charge is 0.350 e. The van der Waals surface area contributed by atoms with Crippen molar-refractivity contribution in [2.24, 2.45) is 5.92 Å². The molecule has 0 unspecified atom stereocenters. The highest BCUT2D eigenvalue weighted by atomic mass is 32.2. The highest BCUT2D eigenvalue weighted by Gasteiger charge is 2.39. The molecule has 1 heterocycles. The topological polar surface area (TPSA) is 49.4 Å². The van der Waals surface area contributed by atoms with E-state index in [0.29, 0.717) is 18.2 Å². The summed E-state index contributed by atoms with van der Waals surface area (Å²) < 4.78 is 0. The Hall–Kier alpha value is -1.49. The number of aryl methyl sites for hydroxylation is 1. The Balaban J connectivity index is 1.59. The summed E-state index contributed by atoms with van der Waals surface area (Å²) in [5, 5.41) is 3.00. The number of carbonyl (C=O) groups is 2. The van der Waals surface area contributed by atoms with E-state index in [9.17, 15) is 9.59 Å². The van der Waals surface area contributed by atoms with Crippen molar-refractivity contribution in [3.63, 3.8) is 0 Å². The summed E-state index contributed by atoms with van der Waals surface area (Å²) in [5.74, 6) is 1.66. The Kier molecular flexibility index (Phi) is 4.71. The first kappa shape index (κ1) is 15.4. The van der Waals surface area contributed by atoms with Gasteiger partial charge in [0.25, 0.3) is 0 Å². The lowest BCUT2D eigenvalue weighted by Gasteiger charge is -2.31. The van der Waals surface area contributed by atoms with Crippen LogP contribution in [0.4, 0.5) is 0 Å². The molecule has 1 atom stereocenters. The van der Waals surface area contributed by atoms with Crippen LogP contribution in [0, 0.1) is 12.8 Å². The Bertz CT molecular complexity index is 572. The van der Waals surface area contributed by atoms with E-state index < -0.39 is 0 Å². The summed E-state index contributed by atoms with van der Waals surface area (Å²) >= 11 is 1.67. The molecule has 118 valence electrons. The lowest BCUT2D eigenvalue weighted by Crippen LogP contribution is -2.49. The standard InChI is InChI=1S/C17H22N2O2S/c1-12-5-2-3-6-14(12)9-18-16(20)15-10-22-11-19(15)17(21)13-7-4-8-13/h2-3,5-6,13,15H,4,7-11H2,1H3,(H,18,20)/t15-/m1/s1. The molecule has 1 aliphatic heterocycles. The summed E-state index contributed by atoms with van der Waals surface area (Å²) in [6, 6.07) is 7.73. The lowest BCUT2D eigenvalue weighted by atomic mass is 9.84. The third-order valence-corrected chi connectivity index (χ3v) is 5.65. The molecule has 1 aromatic rings. The summed E-state index contributed by atoms with van der Waals surface area (Å²) in [6.45, 7) is 2.57. The van der Waals surface area contributed by atoms with Gasteiger partial charge >= 0.3 is 0 Å². The fourth-order valence-corrected chi connectivity index (χ4v) is 4.04. The van der Waals surface area contributed by atoms with Crippen LogP contribution in [0.3, 0.4) is 0 Å². The van der Waals surface area contributed by atoms with Crippen LogP contribution < -0.4 is 5.32 Å². The molecule has 0 bridgehead atoms. The summed E-state index contributed by atoms with van der Waals surface area (Å²) in [6.07, 6.45) is 3.11. The van der Waals surface area contributed by atoms with Crippen LogP contribution in [-0.4, -0.2) is 34.4 Å². The summed E-state index contributed by atoms with van der Waals surface area (Å²) in [4.78, 5) is 26.6. The summed E-state index contributed by atoms with van der Waals surface area (Å²) in [5.41, 5.74) is 2.30. The van der Waals surface area contributed by atoms with Crippen LogP contribution in [0.25, 0.3) is 0 Å². The first-order valence-electron chi connectivity index (χ1n) is 7.87. The quantitative estimate of drug-likeness (QED) is 0.927. The van der Waals surface area contributed by atoms with Gasteiger partial charge in [-0.25, -0.2) is 0 Å². The van der Waals surface area contributed by atoms with Gasteiger partial charge in [-0.05, 0) is 30.9 Å². The molecule has 0 spiro atoms. The van der Waals surface area contributed by atoms with E-state index in [2.05, 4.69) is 5.32 Å². The number of amides is 2. The zero-order chi connectivity index (χ0) is 15.5. The molecule has 1 aromatic carbocycles. The van der Waals surface area contributed by atoms with Crippen molar-refractivity contribution in [2.45, 2.75) is 38.8 Å². The minimum Gasteiger partial charge on any atom is -0.350 e. The van der Waals surface area contributed by atoms with Crippen molar-refractivity contribution in [1.82, 2.24) is 10.2 Å². The number of thioether (sulfide) groups is 1. The molecule has 4 nitrogen and oxygen atoms in total.